The second-order valence-electron chi connectivity index (χ2n) is 5.54. The van der Waals surface area contributed by atoms with Crippen LogP contribution >= 0.6 is 0 Å². The highest BCUT2D eigenvalue weighted by molar-refractivity contribution is 5.31. The van der Waals surface area contributed by atoms with Crippen LogP contribution in [0.4, 0.5) is 4.39 Å². The molecule has 0 saturated heterocycles. The maximum absolute atomic E-state index is 13.5. The molecule has 0 fully saturated rings. The van der Waals surface area contributed by atoms with Crippen LogP contribution in [0, 0.1) is 19.7 Å². The van der Waals surface area contributed by atoms with Crippen molar-refractivity contribution < 1.29 is 9.50 Å². The maximum atomic E-state index is 13.5. The Labute approximate surface area is 116 Å². The van der Waals surface area contributed by atoms with Crippen molar-refractivity contribution in [3.8, 4) is 0 Å². The molecule has 19 heavy (non-hydrogen) atoms. The van der Waals surface area contributed by atoms with Crippen LogP contribution in [-0.4, -0.2) is 5.11 Å². The number of hydrogen-bond donors (Lipinski definition) is 1. The number of aryl methyl sites for hydroxylation is 2. The number of unbranched alkanes of at least 4 members (excludes halogenated alkanes) is 5. The van der Waals surface area contributed by atoms with Gasteiger partial charge < -0.3 is 5.11 Å². The summed E-state index contributed by atoms with van der Waals surface area (Å²) in [5.74, 6) is -0.157. The summed E-state index contributed by atoms with van der Waals surface area (Å²) in [6, 6.07) is 3.54. The molecule has 1 aromatic rings. The Kier molecular flexibility index (Phi) is 7.07. The minimum atomic E-state index is -0.454. The molecule has 1 aromatic carbocycles. The lowest BCUT2D eigenvalue weighted by Crippen LogP contribution is -2.00. The molecule has 0 aliphatic heterocycles. The summed E-state index contributed by atoms with van der Waals surface area (Å²) in [5, 5.41) is 10.1. The normalized spacial score (nSPS) is 12.7. The molecule has 0 amide bonds. The van der Waals surface area contributed by atoms with E-state index in [9.17, 15) is 9.50 Å². The number of rotatable bonds is 8. The predicted molar refractivity (Wildman–Crippen MR) is 78.8 cm³/mol. The van der Waals surface area contributed by atoms with Gasteiger partial charge in [-0.15, -0.1) is 0 Å². The molecule has 0 aromatic heterocycles. The molecule has 1 unspecified atom stereocenters. The molecular weight excluding hydrogens is 239 g/mol. The Morgan fingerprint density at radius 2 is 1.53 bits per heavy atom. The SMILES string of the molecule is CCCCCCCCC(O)c1cc(C)c(F)c(C)c1. The van der Waals surface area contributed by atoms with Crippen molar-refractivity contribution in [1.82, 2.24) is 0 Å². The Morgan fingerprint density at radius 3 is 2.11 bits per heavy atom. The zero-order chi connectivity index (χ0) is 14.3. The van der Waals surface area contributed by atoms with Gasteiger partial charge in [0.2, 0.25) is 0 Å². The summed E-state index contributed by atoms with van der Waals surface area (Å²) >= 11 is 0. The molecule has 0 aliphatic carbocycles. The molecule has 2 heteroatoms. The third-order valence-electron chi connectivity index (χ3n) is 3.67. The predicted octanol–water partition coefficient (Wildman–Crippen LogP) is 5.23. The smallest absolute Gasteiger partial charge is 0.129 e. The van der Waals surface area contributed by atoms with Gasteiger partial charge >= 0.3 is 0 Å². The topological polar surface area (TPSA) is 20.2 Å². The molecule has 1 rings (SSSR count). The molecule has 1 nitrogen and oxygen atoms in total. The minimum absolute atomic E-state index is 0.157. The molecule has 0 saturated carbocycles. The molecule has 0 spiro atoms. The van der Waals surface area contributed by atoms with Crippen LogP contribution in [0.5, 0.6) is 0 Å². The fourth-order valence-electron chi connectivity index (χ4n) is 2.46. The van der Waals surface area contributed by atoms with Crippen molar-refractivity contribution in [1.29, 1.82) is 0 Å². The van der Waals surface area contributed by atoms with Gasteiger partial charge in [0.1, 0.15) is 5.82 Å². The van der Waals surface area contributed by atoms with Crippen molar-refractivity contribution >= 4 is 0 Å². The van der Waals surface area contributed by atoms with E-state index in [4.69, 9.17) is 0 Å². The molecule has 0 heterocycles. The van der Waals surface area contributed by atoms with E-state index in [-0.39, 0.29) is 5.82 Å². The van der Waals surface area contributed by atoms with E-state index in [1.54, 1.807) is 26.0 Å². The Hall–Kier alpha value is -0.890. The van der Waals surface area contributed by atoms with Gasteiger partial charge in [-0.3, -0.25) is 0 Å². The molecule has 1 atom stereocenters. The minimum Gasteiger partial charge on any atom is -0.388 e. The van der Waals surface area contributed by atoms with Gasteiger partial charge in [0, 0.05) is 0 Å². The quantitative estimate of drug-likeness (QED) is 0.639. The summed E-state index contributed by atoms with van der Waals surface area (Å²) < 4.78 is 13.5. The second kappa shape index (κ2) is 8.31. The highest BCUT2D eigenvalue weighted by Gasteiger charge is 2.11. The van der Waals surface area contributed by atoms with E-state index >= 15 is 0 Å². The summed E-state index contributed by atoms with van der Waals surface area (Å²) in [5.41, 5.74) is 2.10. The van der Waals surface area contributed by atoms with Crippen LogP contribution in [-0.2, 0) is 0 Å². The number of benzene rings is 1. The molecule has 108 valence electrons. The average Bonchev–Trinajstić information content (AvgIpc) is 2.39. The fraction of sp³-hybridized carbons (Fsp3) is 0.647. The molecule has 0 radical (unpaired) electrons. The summed E-state index contributed by atoms with van der Waals surface area (Å²) in [4.78, 5) is 0. The van der Waals surface area contributed by atoms with E-state index in [1.165, 1.54) is 32.1 Å². The van der Waals surface area contributed by atoms with E-state index < -0.39 is 6.10 Å². The first-order valence-electron chi connectivity index (χ1n) is 7.51. The lowest BCUT2D eigenvalue weighted by Gasteiger charge is -2.13. The zero-order valence-electron chi connectivity index (χ0n) is 12.5. The molecule has 0 aliphatic rings. The van der Waals surface area contributed by atoms with Crippen molar-refractivity contribution in [3.05, 3.63) is 34.6 Å². The molecule has 1 N–H and O–H groups in total. The van der Waals surface area contributed by atoms with E-state index in [0.717, 1.165) is 18.4 Å². The second-order valence-corrected chi connectivity index (χ2v) is 5.54. The summed E-state index contributed by atoms with van der Waals surface area (Å²) in [7, 11) is 0. The highest BCUT2D eigenvalue weighted by atomic mass is 19.1. The highest BCUT2D eigenvalue weighted by Crippen LogP contribution is 2.24. The van der Waals surface area contributed by atoms with Crippen LogP contribution in [0.1, 0.15) is 74.7 Å². The zero-order valence-corrected chi connectivity index (χ0v) is 12.5. The van der Waals surface area contributed by atoms with Gasteiger partial charge in [-0.1, -0.05) is 57.6 Å². The number of hydrogen-bond acceptors (Lipinski definition) is 1. The summed E-state index contributed by atoms with van der Waals surface area (Å²) in [6.07, 6.45) is 7.65. The van der Waals surface area contributed by atoms with Crippen molar-refractivity contribution in [2.24, 2.45) is 0 Å². The van der Waals surface area contributed by atoms with Crippen molar-refractivity contribution in [2.75, 3.05) is 0 Å². The lowest BCUT2D eigenvalue weighted by atomic mass is 9.98. The number of aliphatic hydroxyl groups is 1. The third kappa shape index (κ3) is 5.32. The molecule has 0 bridgehead atoms. The van der Waals surface area contributed by atoms with Crippen LogP contribution in [0.3, 0.4) is 0 Å². The van der Waals surface area contributed by atoms with Gasteiger partial charge in [-0.2, -0.15) is 0 Å². The van der Waals surface area contributed by atoms with E-state index in [1.807, 2.05) is 0 Å². The van der Waals surface area contributed by atoms with Gasteiger partial charge in [-0.25, -0.2) is 4.39 Å². The van der Waals surface area contributed by atoms with Gasteiger partial charge in [-0.05, 0) is 37.0 Å². The van der Waals surface area contributed by atoms with E-state index in [0.29, 0.717) is 11.1 Å². The first kappa shape index (κ1) is 16.2. The number of aliphatic hydroxyl groups excluding tert-OH is 1. The first-order chi connectivity index (χ1) is 9.06. The Morgan fingerprint density at radius 1 is 1.00 bits per heavy atom. The largest absolute Gasteiger partial charge is 0.388 e. The Balaban J connectivity index is 2.39. The lowest BCUT2D eigenvalue weighted by molar-refractivity contribution is 0.163. The van der Waals surface area contributed by atoms with Crippen LogP contribution in [0.2, 0.25) is 0 Å². The van der Waals surface area contributed by atoms with E-state index in [2.05, 4.69) is 6.92 Å². The Bertz CT molecular complexity index is 364. The van der Waals surface area contributed by atoms with Crippen molar-refractivity contribution in [3.63, 3.8) is 0 Å². The van der Waals surface area contributed by atoms with Crippen molar-refractivity contribution in [2.45, 2.75) is 71.8 Å². The molecular formula is C17H27FO. The summed E-state index contributed by atoms with van der Waals surface area (Å²) in [6.45, 7) is 5.72. The van der Waals surface area contributed by atoms with Gasteiger partial charge in [0.15, 0.2) is 0 Å². The average molecular weight is 266 g/mol. The third-order valence-corrected chi connectivity index (χ3v) is 3.67. The van der Waals surface area contributed by atoms with Gasteiger partial charge in [0.25, 0.3) is 0 Å². The maximum Gasteiger partial charge on any atom is 0.129 e. The standard InChI is InChI=1S/C17H27FO/c1-4-5-6-7-8-9-10-16(19)15-11-13(2)17(18)14(3)12-15/h11-12,16,19H,4-10H2,1-3H3. The van der Waals surface area contributed by atoms with Crippen LogP contribution in [0.15, 0.2) is 12.1 Å². The van der Waals surface area contributed by atoms with Crippen LogP contribution in [0.25, 0.3) is 0 Å². The monoisotopic (exact) mass is 266 g/mol. The first-order valence-corrected chi connectivity index (χ1v) is 7.51. The fourth-order valence-corrected chi connectivity index (χ4v) is 2.46. The van der Waals surface area contributed by atoms with Gasteiger partial charge in [0.05, 0.1) is 6.10 Å². The number of halogens is 1. The van der Waals surface area contributed by atoms with Crippen LogP contribution < -0.4 is 0 Å².